The molecule has 3 N–H and O–H groups in total. The fraction of sp³-hybridized carbons (Fsp3) is 0.467. The van der Waals surface area contributed by atoms with Crippen LogP contribution in [0, 0.1) is 6.92 Å². The fourth-order valence-electron chi connectivity index (χ4n) is 1.67. The van der Waals surface area contributed by atoms with Gasteiger partial charge in [-0.15, -0.1) is 0 Å². The van der Waals surface area contributed by atoms with Gasteiger partial charge in [-0.1, -0.05) is 29.8 Å². The molecule has 2 amide bonds. The number of carbonyl (C=O) groups is 2. The molecule has 0 heterocycles. The van der Waals surface area contributed by atoms with E-state index < -0.39 is 0 Å². The Kier molecular flexibility index (Phi) is 7.35. The third-order valence-corrected chi connectivity index (χ3v) is 2.90. The average Bonchev–Trinajstić information content (AvgIpc) is 2.45. The summed E-state index contributed by atoms with van der Waals surface area (Å²) < 4.78 is 0. The van der Waals surface area contributed by atoms with E-state index in [2.05, 4.69) is 16.0 Å². The number of nitrogens with one attached hydrogen (secondary N) is 3. The molecule has 0 spiro atoms. The number of amides is 2. The molecule has 20 heavy (non-hydrogen) atoms. The third-order valence-electron chi connectivity index (χ3n) is 2.90. The molecule has 0 aromatic heterocycles. The van der Waals surface area contributed by atoms with Crippen molar-refractivity contribution in [2.75, 3.05) is 26.7 Å². The highest BCUT2D eigenvalue weighted by molar-refractivity contribution is 5.84. The Morgan fingerprint density at radius 1 is 1.00 bits per heavy atom. The van der Waals surface area contributed by atoms with Gasteiger partial charge >= 0.3 is 0 Å². The van der Waals surface area contributed by atoms with Crippen molar-refractivity contribution in [3.05, 3.63) is 35.4 Å². The van der Waals surface area contributed by atoms with E-state index in [1.807, 2.05) is 38.2 Å². The molecule has 0 atom stereocenters. The monoisotopic (exact) mass is 277 g/mol. The third kappa shape index (κ3) is 6.89. The van der Waals surface area contributed by atoms with E-state index in [0.717, 1.165) is 5.56 Å². The van der Waals surface area contributed by atoms with Crippen molar-refractivity contribution in [2.24, 2.45) is 0 Å². The van der Waals surface area contributed by atoms with Crippen molar-refractivity contribution < 1.29 is 9.59 Å². The first-order chi connectivity index (χ1) is 9.61. The molecule has 0 bridgehead atoms. The Balaban J connectivity index is 2.17. The van der Waals surface area contributed by atoms with Crippen molar-refractivity contribution in [2.45, 2.75) is 19.8 Å². The van der Waals surface area contributed by atoms with Crippen molar-refractivity contribution in [1.82, 2.24) is 16.0 Å². The minimum atomic E-state index is -0.163. The first kappa shape index (κ1) is 16.2. The Morgan fingerprint density at radius 3 is 2.35 bits per heavy atom. The number of rotatable bonds is 8. The summed E-state index contributed by atoms with van der Waals surface area (Å²) >= 11 is 0. The summed E-state index contributed by atoms with van der Waals surface area (Å²) in [7, 11) is 1.82. The van der Waals surface area contributed by atoms with E-state index >= 15 is 0 Å². The van der Waals surface area contributed by atoms with E-state index in [9.17, 15) is 9.59 Å². The van der Waals surface area contributed by atoms with Gasteiger partial charge in [-0.2, -0.15) is 0 Å². The molecule has 1 aromatic rings. The summed E-state index contributed by atoms with van der Waals surface area (Å²) in [5.74, 6) is -0.265. The number of likely N-dealkylation sites (N-methyl/N-ethyl adjacent to an activating group) is 1. The molecular weight excluding hydrogens is 254 g/mol. The molecular formula is C15H23N3O2. The van der Waals surface area contributed by atoms with Gasteiger partial charge in [-0.3, -0.25) is 9.59 Å². The lowest BCUT2D eigenvalue weighted by molar-refractivity contribution is -0.126. The second-order valence-electron chi connectivity index (χ2n) is 4.72. The van der Waals surface area contributed by atoms with Crippen LogP contribution in [0.3, 0.4) is 0 Å². The summed E-state index contributed by atoms with van der Waals surface area (Å²) in [6.07, 6.45) is 1.08. The first-order valence-electron chi connectivity index (χ1n) is 6.85. The quantitative estimate of drug-likeness (QED) is 0.602. The maximum absolute atomic E-state index is 11.6. The van der Waals surface area contributed by atoms with Crippen LogP contribution in [0.1, 0.15) is 17.5 Å². The smallest absolute Gasteiger partial charge is 0.239 e. The number of carbonyl (C=O) groups excluding carboxylic acids is 2. The van der Waals surface area contributed by atoms with Gasteiger partial charge in [0, 0.05) is 19.5 Å². The summed E-state index contributed by atoms with van der Waals surface area (Å²) in [5, 5.41) is 8.25. The summed E-state index contributed by atoms with van der Waals surface area (Å²) in [5.41, 5.74) is 2.33. The van der Waals surface area contributed by atoms with Crippen LogP contribution >= 0.6 is 0 Å². The Labute approximate surface area is 120 Å². The molecule has 5 nitrogen and oxygen atoms in total. The van der Waals surface area contributed by atoms with Crippen LogP contribution in [-0.4, -0.2) is 38.5 Å². The molecule has 1 rings (SSSR count). The number of benzene rings is 1. The lowest BCUT2D eigenvalue weighted by Crippen LogP contribution is -2.39. The maximum atomic E-state index is 11.6. The number of hydrogen-bond acceptors (Lipinski definition) is 3. The van der Waals surface area contributed by atoms with Gasteiger partial charge in [0.2, 0.25) is 11.8 Å². The zero-order valence-corrected chi connectivity index (χ0v) is 12.2. The topological polar surface area (TPSA) is 70.2 Å². The molecule has 0 fully saturated rings. The van der Waals surface area contributed by atoms with E-state index in [-0.39, 0.29) is 18.4 Å². The van der Waals surface area contributed by atoms with Gasteiger partial charge in [0.25, 0.3) is 0 Å². The molecule has 1 aromatic carbocycles. The van der Waals surface area contributed by atoms with Gasteiger partial charge in [-0.25, -0.2) is 0 Å². The normalized spacial score (nSPS) is 10.1. The average molecular weight is 277 g/mol. The second kappa shape index (κ2) is 9.09. The van der Waals surface area contributed by atoms with Crippen LogP contribution in [0.5, 0.6) is 0 Å². The predicted molar refractivity (Wildman–Crippen MR) is 79.4 cm³/mol. The van der Waals surface area contributed by atoms with Crippen molar-refractivity contribution >= 4 is 11.8 Å². The molecule has 0 aliphatic rings. The lowest BCUT2D eigenvalue weighted by Gasteiger charge is -2.07. The minimum absolute atomic E-state index is 0.0381. The summed E-state index contributed by atoms with van der Waals surface area (Å²) in [6.45, 7) is 3.35. The van der Waals surface area contributed by atoms with Crippen LogP contribution in [0.25, 0.3) is 0 Å². The molecule has 0 radical (unpaired) electrons. The van der Waals surface area contributed by atoms with Crippen molar-refractivity contribution in [3.8, 4) is 0 Å². The van der Waals surface area contributed by atoms with E-state index in [1.54, 1.807) is 0 Å². The van der Waals surface area contributed by atoms with Gasteiger partial charge < -0.3 is 16.0 Å². The largest absolute Gasteiger partial charge is 0.353 e. The van der Waals surface area contributed by atoms with Gasteiger partial charge in [-0.05, 0) is 26.0 Å². The van der Waals surface area contributed by atoms with Crippen molar-refractivity contribution in [1.29, 1.82) is 0 Å². The van der Waals surface area contributed by atoms with Crippen LogP contribution < -0.4 is 16.0 Å². The predicted octanol–water partition coefficient (Wildman–Crippen LogP) is 0.379. The van der Waals surface area contributed by atoms with Gasteiger partial charge in [0.05, 0.1) is 6.54 Å². The maximum Gasteiger partial charge on any atom is 0.239 e. The first-order valence-corrected chi connectivity index (χ1v) is 6.85. The molecule has 0 saturated heterocycles. The molecule has 110 valence electrons. The van der Waals surface area contributed by atoms with E-state index in [0.29, 0.717) is 25.9 Å². The zero-order valence-electron chi connectivity index (χ0n) is 12.2. The Bertz CT molecular complexity index is 429. The Hall–Kier alpha value is -1.88. The molecule has 0 aliphatic heterocycles. The molecule has 0 aliphatic carbocycles. The van der Waals surface area contributed by atoms with Crippen LogP contribution in [0.15, 0.2) is 24.3 Å². The molecule has 0 saturated carbocycles. The number of hydrogen-bond donors (Lipinski definition) is 3. The van der Waals surface area contributed by atoms with Crippen molar-refractivity contribution in [3.63, 3.8) is 0 Å². The molecule has 5 heteroatoms. The second-order valence-corrected chi connectivity index (χ2v) is 4.72. The van der Waals surface area contributed by atoms with E-state index in [1.165, 1.54) is 5.56 Å². The highest BCUT2D eigenvalue weighted by Gasteiger charge is 2.05. The standard InChI is InChI=1S/C15H23N3O2/c1-12-3-5-13(6-4-12)7-8-14(19)18-11-15(20)17-10-9-16-2/h3-6,16H,7-11H2,1-2H3,(H,17,20)(H,18,19). The van der Waals surface area contributed by atoms with Crippen LogP contribution in [0.2, 0.25) is 0 Å². The fourth-order valence-corrected chi connectivity index (χ4v) is 1.67. The molecule has 0 unspecified atom stereocenters. The number of aryl methyl sites for hydroxylation is 2. The van der Waals surface area contributed by atoms with Crippen LogP contribution in [0.4, 0.5) is 0 Å². The van der Waals surface area contributed by atoms with Gasteiger partial charge in [0.15, 0.2) is 0 Å². The van der Waals surface area contributed by atoms with Crippen LogP contribution in [-0.2, 0) is 16.0 Å². The summed E-state index contributed by atoms with van der Waals surface area (Å²) in [4.78, 5) is 23.0. The van der Waals surface area contributed by atoms with Gasteiger partial charge in [0.1, 0.15) is 0 Å². The van der Waals surface area contributed by atoms with E-state index in [4.69, 9.17) is 0 Å². The highest BCUT2D eigenvalue weighted by atomic mass is 16.2. The SMILES string of the molecule is CNCCNC(=O)CNC(=O)CCc1ccc(C)cc1. The summed E-state index contributed by atoms with van der Waals surface area (Å²) in [6, 6.07) is 8.10. The zero-order chi connectivity index (χ0) is 14.8. The highest BCUT2D eigenvalue weighted by Crippen LogP contribution is 2.05. The Morgan fingerprint density at radius 2 is 1.70 bits per heavy atom. The minimum Gasteiger partial charge on any atom is -0.353 e. The lowest BCUT2D eigenvalue weighted by atomic mass is 10.1.